The number of halogens is 1. The molecule has 4 nitrogen and oxygen atoms in total. The van der Waals surface area contributed by atoms with Crippen molar-refractivity contribution in [1.82, 2.24) is 14.3 Å². The fourth-order valence-electron chi connectivity index (χ4n) is 3.37. The number of β-amino-alcohol motifs (C(OH)–C–C–N with tert-alkyl or cyclic N) is 1. The van der Waals surface area contributed by atoms with Gasteiger partial charge in [-0.25, -0.2) is 4.98 Å². The lowest BCUT2D eigenvalue weighted by Crippen LogP contribution is -2.42. The number of aliphatic hydroxyl groups is 1. The molecule has 1 fully saturated rings. The van der Waals surface area contributed by atoms with Gasteiger partial charge in [0.05, 0.1) is 11.8 Å². The summed E-state index contributed by atoms with van der Waals surface area (Å²) in [6, 6.07) is 2.14. The van der Waals surface area contributed by atoms with Gasteiger partial charge < -0.3 is 5.11 Å². The number of imidazole rings is 1. The fourth-order valence-corrected chi connectivity index (χ4v) is 5.51. The van der Waals surface area contributed by atoms with Crippen LogP contribution in [0.1, 0.15) is 28.5 Å². The van der Waals surface area contributed by atoms with Gasteiger partial charge >= 0.3 is 0 Å². The number of thiophene rings is 1. The van der Waals surface area contributed by atoms with E-state index in [0.29, 0.717) is 11.7 Å². The van der Waals surface area contributed by atoms with Crippen LogP contribution in [-0.4, -0.2) is 38.6 Å². The van der Waals surface area contributed by atoms with Crippen molar-refractivity contribution in [2.75, 3.05) is 13.1 Å². The summed E-state index contributed by atoms with van der Waals surface area (Å²) in [5.41, 5.74) is 2.31. The molecule has 0 amide bonds. The summed E-state index contributed by atoms with van der Waals surface area (Å²) >= 11 is 9.63. The topological polar surface area (TPSA) is 40.8 Å². The van der Waals surface area contributed by atoms with Crippen LogP contribution in [-0.2, 0) is 6.54 Å². The predicted molar refractivity (Wildman–Crippen MR) is 95.8 cm³/mol. The van der Waals surface area contributed by atoms with Gasteiger partial charge in [-0.05, 0) is 36.9 Å². The first kappa shape index (κ1) is 15.6. The monoisotopic (exact) mass is 367 g/mol. The second kappa shape index (κ2) is 6.18. The number of aromatic nitrogens is 2. The molecule has 122 valence electrons. The van der Waals surface area contributed by atoms with Crippen molar-refractivity contribution in [2.24, 2.45) is 0 Å². The van der Waals surface area contributed by atoms with Crippen LogP contribution in [0.3, 0.4) is 0 Å². The van der Waals surface area contributed by atoms with E-state index in [9.17, 15) is 5.11 Å². The van der Waals surface area contributed by atoms with Gasteiger partial charge in [0.25, 0.3) is 0 Å². The number of hydrogen-bond donors (Lipinski definition) is 1. The molecule has 2 atom stereocenters. The van der Waals surface area contributed by atoms with Gasteiger partial charge in [0.1, 0.15) is 0 Å². The average molecular weight is 368 g/mol. The molecule has 7 heteroatoms. The number of likely N-dealkylation sites (tertiary alicyclic amines) is 1. The smallest absolute Gasteiger partial charge is 0.195 e. The highest BCUT2D eigenvalue weighted by Gasteiger charge is 2.31. The lowest BCUT2D eigenvalue weighted by molar-refractivity contribution is 0.0479. The van der Waals surface area contributed by atoms with E-state index in [1.807, 2.05) is 11.6 Å². The largest absolute Gasteiger partial charge is 0.391 e. The summed E-state index contributed by atoms with van der Waals surface area (Å²) in [6.07, 6.45) is 2.66. The van der Waals surface area contributed by atoms with E-state index in [4.69, 9.17) is 11.6 Å². The van der Waals surface area contributed by atoms with Gasteiger partial charge in [0.15, 0.2) is 10.1 Å². The van der Waals surface area contributed by atoms with Gasteiger partial charge in [-0.2, -0.15) is 0 Å². The molecule has 1 aliphatic heterocycles. The lowest BCUT2D eigenvalue weighted by Gasteiger charge is -2.35. The average Bonchev–Trinajstić information content (AvgIpc) is 3.19. The normalized spacial score (nSPS) is 22.9. The Labute approximate surface area is 148 Å². The Morgan fingerprint density at radius 2 is 2.26 bits per heavy atom. The molecule has 0 aliphatic carbocycles. The van der Waals surface area contributed by atoms with Gasteiger partial charge in [-0.1, -0.05) is 11.6 Å². The molecule has 0 bridgehead atoms. The maximum absolute atomic E-state index is 10.6. The Morgan fingerprint density at radius 1 is 1.39 bits per heavy atom. The Hall–Kier alpha value is -0.920. The Bertz CT molecular complexity index is 824. The number of thiazole rings is 1. The lowest BCUT2D eigenvalue weighted by atomic mass is 9.90. The van der Waals surface area contributed by atoms with E-state index in [2.05, 4.69) is 32.7 Å². The van der Waals surface area contributed by atoms with Crippen LogP contribution >= 0.6 is 34.3 Å². The van der Waals surface area contributed by atoms with Gasteiger partial charge in [-0.3, -0.25) is 9.30 Å². The summed E-state index contributed by atoms with van der Waals surface area (Å²) < 4.78 is 2.05. The summed E-state index contributed by atoms with van der Waals surface area (Å²) in [5, 5.41) is 15.3. The minimum Gasteiger partial charge on any atom is -0.391 e. The third-order valence-electron chi connectivity index (χ3n) is 4.59. The van der Waals surface area contributed by atoms with E-state index < -0.39 is 0 Å². The second-order valence-corrected chi connectivity index (χ2v) is 8.25. The molecular weight excluding hydrogens is 350 g/mol. The number of nitrogens with zero attached hydrogens (tertiary/aromatic N) is 3. The number of aryl methyl sites for hydroxylation is 1. The number of rotatable bonds is 3. The molecule has 1 N–H and O–H groups in total. The van der Waals surface area contributed by atoms with E-state index in [-0.39, 0.29) is 12.0 Å². The molecular formula is C16H18ClN3OS2. The van der Waals surface area contributed by atoms with Gasteiger partial charge in [0.2, 0.25) is 0 Å². The van der Waals surface area contributed by atoms with Crippen molar-refractivity contribution >= 4 is 39.2 Å². The van der Waals surface area contributed by atoms with Crippen LogP contribution in [0.25, 0.3) is 4.96 Å². The highest BCUT2D eigenvalue weighted by molar-refractivity contribution is 7.15. The van der Waals surface area contributed by atoms with Gasteiger partial charge in [0, 0.05) is 35.5 Å². The first-order valence-corrected chi connectivity index (χ1v) is 9.81. The molecule has 4 heterocycles. The summed E-state index contributed by atoms with van der Waals surface area (Å²) in [5.74, 6) is 0.258. The molecule has 0 aromatic carbocycles. The third kappa shape index (κ3) is 2.83. The van der Waals surface area contributed by atoms with Crippen LogP contribution in [0.15, 0.2) is 23.0 Å². The van der Waals surface area contributed by atoms with Crippen molar-refractivity contribution in [1.29, 1.82) is 0 Å². The Kier molecular flexibility index (Phi) is 4.19. The molecule has 0 saturated carbocycles. The highest BCUT2D eigenvalue weighted by Crippen LogP contribution is 2.35. The SMILES string of the molecule is Cc1ccsc1[C@@H]1CCN(Cc2c(Cl)nc3sccn23)C[C@H]1O. The molecule has 0 radical (unpaired) electrons. The zero-order chi connectivity index (χ0) is 16.0. The first-order chi connectivity index (χ1) is 11.1. The second-order valence-electron chi connectivity index (χ2n) is 6.07. The van der Waals surface area contributed by atoms with Crippen LogP contribution in [0.2, 0.25) is 5.15 Å². The molecule has 23 heavy (non-hydrogen) atoms. The zero-order valence-corrected chi connectivity index (χ0v) is 15.2. The Morgan fingerprint density at radius 3 is 3.00 bits per heavy atom. The van der Waals surface area contributed by atoms with E-state index in [1.54, 1.807) is 22.7 Å². The predicted octanol–water partition coefficient (Wildman–Crippen LogP) is 3.77. The molecule has 3 aromatic heterocycles. The molecule has 1 aliphatic rings. The zero-order valence-electron chi connectivity index (χ0n) is 12.8. The van der Waals surface area contributed by atoms with Crippen LogP contribution in [0.5, 0.6) is 0 Å². The minimum absolute atomic E-state index is 0.258. The maximum atomic E-state index is 10.6. The Balaban J connectivity index is 1.49. The maximum Gasteiger partial charge on any atom is 0.195 e. The summed E-state index contributed by atoms with van der Waals surface area (Å²) in [6.45, 7) is 4.50. The number of aliphatic hydroxyl groups excluding tert-OH is 1. The number of hydrogen-bond acceptors (Lipinski definition) is 5. The van der Waals surface area contributed by atoms with Crippen molar-refractivity contribution in [3.8, 4) is 0 Å². The summed E-state index contributed by atoms with van der Waals surface area (Å²) in [7, 11) is 0. The number of piperidine rings is 1. The van der Waals surface area contributed by atoms with Crippen molar-refractivity contribution < 1.29 is 5.11 Å². The molecule has 4 rings (SSSR count). The number of fused-ring (bicyclic) bond motifs is 1. The van der Waals surface area contributed by atoms with Gasteiger partial charge in [-0.15, -0.1) is 22.7 Å². The molecule has 1 saturated heterocycles. The van der Waals surface area contributed by atoms with Crippen molar-refractivity contribution in [3.05, 3.63) is 44.3 Å². The standard InChI is InChI=1S/C16H18ClN3OS2/c1-10-3-6-22-14(10)11-2-4-19(9-13(11)21)8-12-15(17)18-16-20(12)5-7-23-16/h3,5-7,11,13,21H,2,4,8-9H2,1H3/t11-,13-/m1/s1. The third-order valence-corrected chi connectivity index (χ3v) is 6.80. The molecule has 3 aromatic rings. The fraction of sp³-hybridized carbons (Fsp3) is 0.438. The summed E-state index contributed by atoms with van der Waals surface area (Å²) in [4.78, 5) is 8.92. The highest BCUT2D eigenvalue weighted by atomic mass is 35.5. The van der Waals surface area contributed by atoms with Crippen molar-refractivity contribution in [2.45, 2.75) is 31.9 Å². The van der Waals surface area contributed by atoms with E-state index >= 15 is 0 Å². The minimum atomic E-state index is -0.328. The van der Waals surface area contributed by atoms with Crippen molar-refractivity contribution in [3.63, 3.8) is 0 Å². The molecule has 0 spiro atoms. The molecule has 0 unspecified atom stereocenters. The first-order valence-electron chi connectivity index (χ1n) is 7.68. The van der Waals surface area contributed by atoms with Crippen LogP contribution in [0.4, 0.5) is 0 Å². The van der Waals surface area contributed by atoms with Crippen LogP contribution < -0.4 is 0 Å². The van der Waals surface area contributed by atoms with Crippen LogP contribution in [0, 0.1) is 6.92 Å². The quantitative estimate of drug-likeness (QED) is 0.766. The van der Waals surface area contributed by atoms with E-state index in [1.165, 1.54) is 10.4 Å². The van der Waals surface area contributed by atoms with E-state index in [0.717, 1.165) is 30.2 Å².